The Morgan fingerprint density at radius 2 is 2.00 bits per heavy atom. The summed E-state index contributed by atoms with van der Waals surface area (Å²) in [7, 11) is 5.36. The Labute approximate surface area is 166 Å². The molecule has 2 aromatic rings. The van der Waals surface area contributed by atoms with Crippen LogP contribution in [-0.4, -0.2) is 61.0 Å². The number of likely N-dealkylation sites (N-methyl/N-ethyl adjacent to an activating group) is 1. The van der Waals surface area contributed by atoms with E-state index in [9.17, 15) is 4.79 Å². The average Bonchev–Trinajstić information content (AvgIpc) is 3.30. The van der Waals surface area contributed by atoms with Crippen LogP contribution in [0.25, 0.3) is 0 Å². The van der Waals surface area contributed by atoms with Crippen LogP contribution in [0.3, 0.4) is 0 Å². The van der Waals surface area contributed by atoms with Gasteiger partial charge in [0.2, 0.25) is 5.91 Å². The monoisotopic (exact) mass is 394 g/mol. The van der Waals surface area contributed by atoms with Crippen molar-refractivity contribution in [2.45, 2.75) is 5.92 Å². The zero-order valence-corrected chi connectivity index (χ0v) is 16.7. The zero-order valence-electron chi connectivity index (χ0n) is 15.9. The van der Waals surface area contributed by atoms with E-state index < -0.39 is 0 Å². The van der Waals surface area contributed by atoms with Crippen LogP contribution in [0.4, 0.5) is 0 Å². The molecule has 1 amide bonds. The van der Waals surface area contributed by atoms with E-state index in [0.29, 0.717) is 19.7 Å². The van der Waals surface area contributed by atoms with Gasteiger partial charge in [0, 0.05) is 39.3 Å². The Morgan fingerprint density at radius 1 is 1.30 bits per heavy atom. The summed E-state index contributed by atoms with van der Waals surface area (Å²) < 4.78 is 12.6. The molecule has 2 heterocycles. The quantitative estimate of drug-likeness (QED) is 0.774. The zero-order chi connectivity index (χ0) is 18.5. The van der Waals surface area contributed by atoms with Gasteiger partial charge in [-0.15, -0.1) is 12.4 Å². The lowest BCUT2D eigenvalue weighted by Crippen LogP contribution is -2.38. The number of benzene rings is 1. The summed E-state index contributed by atoms with van der Waals surface area (Å²) in [6.45, 7) is 2.49. The number of hydrogen-bond donors (Lipinski definition) is 1. The fourth-order valence-corrected chi connectivity index (χ4v) is 3.29. The number of nitrogens with zero attached hydrogens (tertiary/aromatic N) is 3. The van der Waals surface area contributed by atoms with Gasteiger partial charge in [-0.05, 0) is 29.8 Å². The van der Waals surface area contributed by atoms with Crippen LogP contribution in [-0.2, 0) is 11.8 Å². The Bertz CT molecular complexity index is 735. The van der Waals surface area contributed by atoms with Crippen molar-refractivity contribution in [1.29, 1.82) is 0 Å². The third-order valence-corrected chi connectivity index (χ3v) is 4.82. The van der Waals surface area contributed by atoms with E-state index >= 15 is 0 Å². The van der Waals surface area contributed by atoms with Gasteiger partial charge < -0.3 is 19.7 Å². The Morgan fingerprint density at radius 3 is 2.63 bits per heavy atom. The van der Waals surface area contributed by atoms with Gasteiger partial charge in [0.15, 0.2) is 0 Å². The van der Waals surface area contributed by atoms with Gasteiger partial charge in [0.05, 0.1) is 25.8 Å². The van der Waals surface area contributed by atoms with Crippen LogP contribution in [0.5, 0.6) is 11.5 Å². The lowest BCUT2D eigenvalue weighted by molar-refractivity contribution is -0.134. The highest BCUT2D eigenvalue weighted by atomic mass is 35.5. The minimum Gasteiger partial charge on any atom is -0.497 e. The first-order chi connectivity index (χ1) is 12.6. The highest BCUT2D eigenvalue weighted by Crippen LogP contribution is 2.29. The van der Waals surface area contributed by atoms with Crippen molar-refractivity contribution in [1.82, 2.24) is 20.0 Å². The Kier molecular flexibility index (Phi) is 7.50. The van der Waals surface area contributed by atoms with Gasteiger partial charge >= 0.3 is 0 Å². The van der Waals surface area contributed by atoms with Crippen LogP contribution < -0.4 is 14.8 Å². The van der Waals surface area contributed by atoms with Gasteiger partial charge in [0.25, 0.3) is 0 Å². The van der Waals surface area contributed by atoms with Crippen LogP contribution in [0.2, 0.25) is 0 Å². The molecule has 1 aromatic carbocycles. The first-order valence-electron chi connectivity index (χ1n) is 8.79. The maximum absolute atomic E-state index is 12.8. The topological polar surface area (TPSA) is 68.6 Å². The molecule has 0 radical (unpaired) electrons. The van der Waals surface area contributed by atoms with Crippen molar-refractivity contribution in [2.24, 2.45) is 13.0 Å². The molecule has 1 saturated heterocycles. The minimum atomic E-state index is -0.0646. The lowest BCUT2D eigenvalue weighted by atomic mass is 9.90. The van der Waals surface area contributed by atoms with Crippen molar-refractivity contribution < 1.29 is 14.3 Å². The smallest absolute Gasteiger partial charge is 0.227 e. The standard InChI is InChI=1S/C19H26N4O3.ClH/c1-22(8-9-26-16-6-4-15(25-3)5-7-16)19(24)18-12-20-11-17(18)14-10-21-23(2)13-14;/h4-7,10,13,17-18,20H,8-9,11-12H2,1-3H3;1H/t17-,18+;/m1./s1. The van der Waals surface area contributed by atoms with Gasteiger partial charge in [0.1, 0.15) is 18.1 Å². The summed E-state index contributed by atoms with van der Waals surface area (Å²) in [6.07, 6.45) is 3.84. The molecular weight excluding hydrogens is 368 g/mol. The molecule has 1 aliphatic heterocycles. The molecule has 0 saturated carbocycles. The second-order valence-electron chi connectivity index (χ2n) is 6.60. The predicted molar refractivity (Wildman–Crippen MR) is 106 cm³/mol. The first kappa shape index (κ1) is 21.1. The molecule has 2 atom stereocenters. The summed E-state index contributed by atoms with van der Waals surface area (Å²) in [5.41, 5.74) is 1.11. The number of nitrogens with one attached hydrogen (secondary N) is 1. The van der Waals surface area contributed by atoms with Crippen molar-refractivity contribution in [3.05, 3.63) is 42.2 Å². The lowest BCUT2D eigenvalue weighted by Gasteiger charge is -2.24. The number of ether oxygens (including phenoxy) is 2. The van der Waals surface area contributed by atoms with E-state index in [1.54, 1.807) is 16.7 Å². The van der Waals surface area contributed by atoms with E-state index in [2.05, 4.69) is 10.4 Å². The molecule has 1 aliphatic rings. The summed E-state index contributed by atoms with van der Waals surface area (Å²) >= 11 is 0. The number of aromatic nitrogens is 2. The van der Waals surface area contributed by atoms with E-state index in [1.807, 2.05) is 50.8 Å². The third kappa shape index (κ3) is 5.14. The van der Waals surface area contributed by atoms with Crippen molar-refractivity contribution >= 4 is 18.3 Å². The number of methoxy groups -OCH3 is 1. The fraction of sp³-hybridized carbons (Fsp3) is 0.474. The summed E-state index contributed by atoms with van der Waals surface area (Å²) in [5, 5.41) is 7.56. The second kappa shape index (κ2) is 9.62. The molecular formula is C19H27ClN4O3. The molecule has 0 aliphatic carbocycles. The van der Waals surface area contributed by atoms with Crippen molar-refractivity contribution in [3.8, 4) is 11.5 Å². The van der Waals surface area contributed by atoms with Crippen LogP contribution in [0.1, 0.15) is 11.5 Å². The second-order valence-corrected chi connectivity index (χ2v) is 6.60. The summed E-state index contributed by atoms with van der Waals surface area (Å²) in [4.78, 5) is 14.6. The van der Waals surface area contributed by atoms with E-state index in [-0.39, 0.29) is 30.2 Å². The maximum atomic E-state index is 12.8. The predicted octanol–water partition coefficient (Wildman–Crippen LogP) is 1.69. The molecule has 0 spiro atoms. The highest BCUT2D eigenvalue weighted by Gasteiger charge is 2.36. The molecule has 148 valence electrons. The fourth-order valence-electron chi connectivity index (χ4n) is 3.29. The van der Waals surface area contributed by atoms with Crippen LogP contribution >= 0.6 is 12.4 Å². The Hall–Kier alpha value is -2.25. The number of carbonyl (C=O) groups excluding carboxylic acids is 1. The number of hydrogen-bond acceptors (Lipinski definition) is 5. The molecule has 8 heteroatoms. The van der Waals surface area contributed by atoms with E-state index in [4.69, 9.17) is 9.47 Å². The molecule has 7 nitrogen and oxygen atoms in total. The molecule has 0 bridgehead atoms. The number of aryl methyl sites for hydroxylation is 1. The van der Waals surface area contributed by atoms with Gasteiger partial charge in [-0.3, -0.25) is 9.48 Å². The normalized spacial score (nSPS) is 18.6. The van der Waals surface area contributed by atoms with Crippen molar-refractivity contribution in [3.63, 3.8) is 0 Å². The largest absolute Gasteiger partial charge is 0.497 e. The maximum Gasteiger partial charge on any atom is 0.227 e. The van der Waals surface area contributed by atoms with E-state index in [1.165, 1.54) is 0 Å². The number of carbonyl (C=O) groups is 1. The third-order valence-electron chi connectivity index (χ3n) is 4.82. The summed E-state index contributed by atoms with van der Waals surface area (Å²) in [5.74, 6) is 1.80. The average molecular weight is 395 g/mol. The molecule has 1 fully saturated rings. The molecule has 3 rings (SSSR count). The number of rotatable bonds is 7. The number of amides is 1. The van der Waals surface area contributed by atoms with Crippen LogP contribution in [0.15, 0.2) is 36.7 Å². The van der Waals surface area contributed by atoms with Gasteiger partial charge in [-0.1, -0.05) is 0 Å². The molecule has 1 N–H and O–H groups in total. The number of halogens is 1. The van der Waals surface area contributed by atoms with Gasteiger partial charge in [-0.2, -0.15) is 5.10 Å². The molecule has 0 unspecified atom stereocenters. The Balaban J connectivity index is 0.00000261. The highest BCUT2D eigenvalue weighted by molar-refractivity contribution is 5.85. The van der Waals surface area contributed by atoms with Crippen LogP contribution in [0, 0.1) is 5.92 Å². The molecule has 27 heavy (non-hydrogen) atoms. The van der Waals surface area contributed by atoms with Gasteiger partial charge in [-0.25, -0.2) is 0 Å². The summed E-state index contributed by atoms with van der Waals surface area (Å²) in [6, 6.07) is 7.43. The first-order valence-corrected chi connectivity index (χ1v) is 8.79. The van der Waals surface area contributed by atoms with Crippen molar-refractivity contribution in [2.75, 3.05) is 40.4 Å². The SMILES string of the molecule is COc1ccc(OCCN(C)C(=O)[C@H]2CNC[C@@H]2c2cnn(C)c2)cc1.Cl. The minimum absolute atomic E-state index is 0. The van der Waals surface area contributed by atoms with E-state index in [0.717, 1.165) is 23.6 Å². The molecule has 1 aromatic heterocycles.